The van der Waals surface area contributed by atoms with E-state index in [0.717, 1.165) is 5.56 Å². The molecule has 1 unspecified atom stereocenters. The number of carboxylic acid groups (broad SMARTS) is 1. The number of amides is 1. The second-order valence-corrected chi connectivity index (χ2v) is 10.5. The largest absolute Gasteiger partial charge is 0.477 e. The molecule has 0 bridgehead atoms. The number of fused-ring (bicyclic) bond motifs is 1. The molecule has 0 saturated carbocycles. The number of carbonyl (C=O) groups excluding carboxylic acids is 1. The van der Waals surface area contributed by atoms with E-state index in [0.29, 0.717) is 27.4 Å². The first kappa shape index (κ1) is 21.7. The molecule has 4 rings (SSSR count). The minimum atomic E-state index is -3.14. The lowest BCUT2D eigenvalue weighted by Crippen LogP contribution is -2.35. The van der Waals surface area contributed by atoms with Crippen LogP contribution in [0.4, 0.5) is 0 Å². The maximum absolute atomic E-state index is 12.9. The summed E-state index contributed by atoms with van der Waals surface area (Å²) in [4.78, 5) is 24.8. The van der Waals surface area contributed by atoms with Crippen molar-refractivity contribution in [1.29, 1.82) is 0 Å². The van der Waals surface area contributed by atoms with Crippen LogP contribution in [-0.2, 0) is 16.4 Å². The van der Waals surface area contributed by atoms with E-state index in [-0.39, 0.29) is 29.3 Å². The summed E-state index contributed by atoms with van der Waals surface area (Å²) in [6.07, 6.45) is 0.364. The zero-order valence-electron chi connectivity index (χ0n) is 16.1. The first-order chi connectivity index (χ1) is 14.6. The van der Waals surface area contributed by atoms with Gasteiger partial charge in [0, 0.05) is 29.1 Å². The van der Waals surface area contributed by atoms with Gasteiger partial charge >= 0.3 is 5.97 Å². The molecule has 31 heavy (non-hydrogen) atoms. The van der Waals surface area contributed by atoms with Crippen molar-refractivity contribution < 1.29 is 23.1 Å². The fourth-order valence-corrected chi connectivity index (χ4v) is 5.82. The first-order valence-corrected chi connectivity index (χ1v) is 12.0. The van der Waals surface area contributed by atoms with E-state index in [2.05, 4.69) is 5.32 Å². The molecule has 1 aliphatic rings. The van der Waals surface area contributed by atoms with Crippen LogP contribution in [-0.4, -0.2) is 47.5 Å². The number of halogens is 2. The monoisotopic (exact) mass is 480 g/mol. The highest BCUT2D eigenvalue weighted by molar-refractivity contribution is 7.91. The topological polar surface area (TPSA) is 105 Å². The molecule has 10 heteroatoms. The number of hydrogen-bond donors (Lipinski definition) is 2. The van der Waals surface area contributed by atoms with Crippen LogP contribution in [0, 0.1) is 0 Å². The Labute approximate surface area is 188 Å². The van der Waals surface area contributed by atoms with Crippen molar-refractivity contribution in [3.63, 3.8) is 0 Å². The third kappa shape index (κ3) is 4.42. The third-order valence-electron chi connectivity index (χ3n) is 5.30. The van der Waals surface area contributed by atoms with Crippen molar-refractivity contribution in [2.45, 2.75) is 19.0 Å². The Hall–Kier alpha value is -2.55. The Morgan fingerprint density at radius 2 is 1.90 bits per heavy atom. The highest BCUT2D eigenvalue weighted by atomic mass is 35.5. The molecule has 7 nitrogen and oxygen atoms in total. The van der Waals surface area contributed by atoms with Crippen LogP contribution in [0.2, 0.25) is 10.0 Å². The summed E-state index contributed by atoms with van der Waals surface area (Å²) in [5.41, 5.74) is 1.62. The normalized spacial score (nSPS) is 17.7. The van der Waals surface area contributed by atoms with Crippen molar-refractivity contribution in [3.8, 4) is 0 Å². The summed E-state index contributed by atoms with van der Waals surface area (Å²) in [7, 11) is -3.14. The summed E-state index contributed by atoms with van der Waals surface area (Å²) < 4.78 is 24.9. The number of aromatic carboxylic acids is 1. The third-order valence-corrected chi connectivity index (χ3v) is 7.81. The standard InChI is InChI=1S/C21H18Cl2N2O5S/c22-16-5-4-12(8-17(16)23)10-25-18-3-1-2-14(15(18)9-19(25)21(27)28)20(26)24-13-6-7-31(29,30)11-13/h1-5,8-9,13H,6-7,10-11H2,(H,24,26)(H,27,28). The molecule has 1 saturated heterocycles. The van der Waals surface area contributed by atoms with Gasteiger partial charge < -0.3 is 15.0 Å². The zero-order chi connectivity index (χ0) is 22.3. The van der Waals surface area contributed by atoms with Crippen LogP contribution >= 0.6 is 23.2 Å². The Balaban J connectivity index is 1.72. The summed E-state index contributed by atoms with van der Waals surface area (Å²) in [5.74, 6) is -1.61. The quantitative estimate of drug-likeness (QED) is 0.579. The molecule has 1 aliphatic heterocycles. The second kappa shape index (κ2) is 8.18. The molecule has 0 radical (unpaired) electrons. The average Bonchev–Trinajstić information content (AvgIpc) is 3.24. The number of nitrogens with zero attached hydrogens (tertiary/aromatic N) is 1. The summed E-state index contributed by atoms with van der Waals surface area (Å²) in [6, 6.07) is 11.0. The van der Waals surface area contributed by atoms with Gasteiger partial charge in [0.2, 0.25) is 0 Å². The molecular weight excluding hydrogens is 463 g/mol. The van der Waals surface area contributed by atoms with Gasteiger partial charge in [-0.2, -0.15) is 0 Å². The Bertz CT molecular complexity index is 1320. The lowest BCUT2D eigenvalue weighted by molar-refractivity contribution is 0.0686. The molecule has 1 amide bonds. The lowest BCUT2D eigenvalue weighted by Gasteiger charge is -2.12. The molecule has 2 heterocycles. The molecule has 2 N–H and O–H groups in total. The van der Waals surface area contributed by atoms with Crippen LogP contribution in [0.15, 0.2) is 42.5 Å². The van der Waals surface area contributed by atoms with E-state index in [4.69, 9.17) is 23.2 Å². The van der Waals surface area contributed by atoms with Crippen LogP contribution in [0.5, 0.6) is 0 Å². The average molecular weight is 481 g/mol. The Morgan fingerprint density at radius 3 is 2.55 bits per heavy atom. The van der Waals surface area contributed by atoms with Gasteiger partial charge in [0.1, 0.15) is 5.69 Å². The maximum atomic E-state index is 12.9. The van der Waals surface area contributed by atoms with Gasteiger partial charge in [-0.3, -0.25) is 4.79 Å². The molecule has 1 fully saturated rings. The predicted molar refractivity (Wildman–Crippen MR) is 119 cm³/mol. The van der Waals surface area contributed by atoms with E-state index in [9.17, 15) is 23.1 Å². The number of hydrogen-bond acceptors (Lipinski definition) is 4. The highest BCUT2D eigenvalue weighted by Gasteiger charge is 2.30. The van der Waals surface area contributed by atoms with Gasteiger partial charge in [-0.25, -0.2) is 13.2 Å². The van der Waals surface area contributed by atoms with Gasteiger partial charge in [0.25, 0.3) is 5.91 Å². The molecular formula is C21H18Cl2N2O5S. The number of nitrogens with one attached hydrogen (secondary N) is 1. The molecule has 0 aliphatic carbocycles. The summed E-state index contributed by atoms with van der Waals surface area (Å²) in [6.45, 7) is 0.216. The second-order valence-electron chi connectivity index (χ2n) is 7.48. The fraction of sp³-hybridized carbons (Fsp3) is 0.238. The van der Waals surface area contributed by atoms with Crippen molar-refractivity contribution >= 4 is 55.8 Å². The summed E-state index contributed by atoms with van der Waals surface area (Å²) in [5, 5.41) is 13.7. The molecule has 3 aromatic rings. The summed E-state index contributed by atoms with van der Waals surface area (Å²) >= 11 is 12.1. The smallest absolute Gasteiger partial charge is 0.352 e. The minimum absolute atomic E-state index is 0.0183. The molecule has 0 spiro atoms. The van der Waals surface area contributed by atoms with Crippen LogP contribution in [0.25, 0.3) is 10.9 Å². The van der Waals surface area contributed by atoms with Crippen LogP contribution in [0.1, 0.15) is 32.8 Å². The van der Waals surface area contributed by atoms with E-state index in [1.54, 1.807) is 41.0 Å². The lowest BCUT2D eigenvalue weighted by atomic mass is 10.1. The number of carbonyl (C=O) groups is 2. The van der Waals surface area contributed by atoms with Gasteiger partial charge in [0.05, 0.1) is 21.6 Å². The van der Waals surface area contributed by atoms with Crippen molar-refractivity contribution in [1.82, 2.24) is 9.88 Å². The maximum Gasteiger partial charge on any atom is 0.352 e. The predicted octanol–water partition coefficient (Wildman–Crippen LogP) is 3.61. The van der Waals surface area contributed by atoms with Gasteiger partial charge in [-0.15, -0.1) is 0 Å². The van der Waals surface area contributed by atoms with Crippen LogP contribution < -0.4 is 5.32 Å². The zero-order valence-corrected chi connectivity index (χ0v) is 18.5. The van der Waals surface area contributed by atoms with Gasteiger partial charge in [-0.05, 0) is 42.3 Å². The van der Waals surface area contributed by atoms with E-state index in [1.165, 1.54) is 6.07 Å². The number of benzene rings is 2. The molecule has 2 aromatic carbocycles. The molecule has 1 aromatic heterocycles. The van der Waals surface area contributed by atoms with E-state index < -0.39 is 27.8 Å². The van der Waals surface area contributed by atoms with Crippen LogP contribution in [0.3, 0.4) is 0 Å². The van der Waals surface area contributed by atoms with Gasteiger partial charge in [0.15, 0.2) is 9.84 Å². The minimum Gasteiger partial charge on any atom is -0.477 e. The first-order valence-electron chi connectivity index (χ1n) is 9.45. The van der Waals surface area contributed by atoms with Crippen molar-refractivity contribution in [3.05, 3.63) is 69.3 Å². The van der Waals surface area contributed by atoms with Gasteiger partial charge in [-0.1, -0.05) is 35.3 Å². The Kier molecular flexibility index (Phi) is 5.72. The van der Waals surface area contributed by atoms with Crippen molar-refractivity contribution in [2.75, 3.05) is 11.5 Å². The number of rotatable bonds is 5. The highest BCUT2D eigenvalue weighted by Crippen LogP contribution is 2.28. The number of aromatic nitrogens is 1. The molecule has 162 valence electrons. The molecule has 1 atom stereocenters. The van der Waals surface area contributed by atoms with Crippen molar-refractivity contribution in [2.24, 2.45) is 0 Å². The fourth-order valence-electron chi connectivity index (χ4n) is 3.82. The number of carboxylic acids is 1. The van der Waals surface area contributed by atoms with E-state index >= 15 is 0 Å². The van der Waals surface area contributed by atoms with E-state index in [1.807, 2.05) is 0 Å². The SMILES string of the molecule is O=C(NC1CCS(=O)(=O)C1)c1cccc2c1cc(C(=O)O)n2Cc1ccc(Cl)c(Cl)c1. The Morgan fingerprint density at radius 1 is 1.13 bits per heavy atom. The number of sulfone groups is 1.